The molecule has 1 saturated heterocycles. The maximum atomic E-state index is 4.50. The number of H-pyrrole nitrogens is 1. The fourth-order valence-electron chi connectivity index (χ4n) is 2.20. The van der Waals surface area contributed by atoms with Gasteiger partial charge in [0, 0.05) is 19.3 Å². The van der Waals surface area contributed by atoms with Crippen molar-refractivity contribution in [3.8, 4) is 0 Å². The van der Waals surface area contributed by atoms with E-state index >= 15 is 0 Å². The maximum Gasteiger partial charge on any atom is 0.128 e. The summed E-state index contributed by atoms with van der Waals surface area (Å²) in [5.74, 6) is 1.08. The molecule has 0 bridgehead atoms. The van der Waals surface area contributed by atoms with Crippen molar-refractivity contribution >= 4 is 11.5 Å². The van der Waals surface area contributed by atoms with Crippen LogP contribution in [0.3, 0.4) is 0 Å². The Morgan fingerprint density at radius 3 is 2.78 bits per heavy atom. The highest BCUT2D eigenvalue weighted by Gasteiger charge is 2.12. The predicted molar refractivity (Wildman–Crippen MR) is 71.6 cm³/mol. The first kappa shape index (κ1) is 11.1. The Bertz CT molecular complexity index is 471. The Hall–Kier alpha value is -2.04. The van der Waals surface area contributed by atoms with Gasteiger partial charge in [0.1, 0.15) is 5.82 Å². The van der Waals surface area contributed by atoms with E-state index < -0.39 is 0 Å². The minimum Gasteiger partial charge on any atom is -0.378 e. The van der Waals surface area contributed by atoms with Gasteiger partial charge in [-0.2, -0.15) is 0 Å². The molecule has 94 valence electrons. The van der Waals surface area contributed by atoms with E-state index in [4.69, 9.17) is 0 Å². The average Bonchev–Trinajstić information content (AvgIpc) is 3.10. The molecule has 2 aromatic rings. The first-order valence-corrected chi connectivity index (χ1v) is 6.34. The molecular formula is C13H17N5. The lowest BCUT2D eigenvalue weighted by Crippen LogP contribution is -2.18. The van der Waals surface area contributed by atoms with Crippen molar-refractivity contribution in [1.82, 2.24) is 15.0 Å². The van der Waals surface area contributed by atoms with Gasteiger partial charge >= 0.3 is 0 Å². The zero-order valence-electron chi connectivity index (χ0n) is 10.3. The number of aromatic amines is 1. The molecule has 0 saturated carbocycles. The molecule has 0 unspecified atom stereocenters. The van der Waals surface area contributed by atoms with E-state index in [9.17, 15) is 0 Å². The van der Waals surface area contributed by atoms with E-state index in [0.717, 1.165) is 36.8 Å². The zero-order valence-corrected chi connectivity index (χ0v) is 10.3. The number of nitrogens with one attached hydrogen (secondary N) is 2. The second-order valence-corrected chi connectivity index (χ2v) is 4.53. The molecule has 1 aliphatic heterocycles. The van der Waals surface area contributed by atoms with Gasteiger partial charge in [-0.3, -0.25) is 0 Å². The van der Waals surface area contributed by atoms with Gasteiger partial charge < -0.3 is 15.2 Å². The molecule has 18 heavy (non-hydrogen) atoms. The quantitative estimate of drug-likeness (QED) is 0.862. The second kappa shape index (κ2) is 5.08. The number of hydrogen-bond donors (Lipinski definition) is 2. The summed E-state index contributed by atoms with van der Waals surface area (Å²) in [5.41, 5.74) is 2.10. The molecule has 5 nitrogen and oxygen atoms in total. The number of nitrogens with zero attached hydrogens (tertiary/aromatic N) is 3. The molecule has 0 atom stereocenters. The van der Waals surface area contributed by atoms with E-state index in [-0.39, 0.29) is 0 Å². The van der Waals surface area contributed by atoms with Gasteiger partial charge in [-0.25, -0.2) is 9.97 Å². The lowest BCUT2D eigenvalue weighted by molar-refractivity contribution is 0.937. The fraction of sp³-hybridized carbons (Fsp3) is 0.385. The Morgan fingerprint density at radius 1 is 1.22 bits per heavy atom. The summed E-state index contributed by atoms with van der Waals surface area (Å²) in [7, 11) is 0. The molecule has 3 rings (SSSR count). The van der Waals surface area contributed by atoms with Gasteiger partial charge in [0.05, 0.1) is 30.5 Å². The second-order valence-electron chi connectivity index (χ2n) is 4.53. The van der Waals surface area contributed by atoms with Crippen LogP contribution in [-0.4, -0.2) is 28.0 Å². The van der Waals surface area contributed by atoms with Crippen LogP contribution in [-0.2, 0) is 6.54 Å². The molecular weight excluding hydrogens is 226 g/mol. The summed E-state index contributed by atoms with van der Waals surface area (Å²) >= 11 is 0. The van der Waals surface area contributed by atoms with Gasteiger partial charge in [-0.05, 0) is 25.0 Å². The van der Waals surface area contributed by atoms with E-state index in [0.29, 0.717) is 0 Å². The first-order chi connectivity index (χ1) is 8.92. The molecule has 5 heteroatoms. The number of anilines is 2. The number of pyridine rings is 1. The van der Waals surface area contributed by atoms with Crippen molar-refractivity contribution in [2.24, 2.45) is 0 Å². The lowest BCUT2D eigenvalue weighted by Gasteiger charge is -2.16. The highest BCUT2D eigenvalue weighted by Crippen LogP contribution is 2.19. The summed E-state index contributed by atoms with van der Waals surface area (Å²) in [6.07, 6.45) is 7.96. The van der Waals surface area contributed by atoms with E-state index in [1.165, 1.54) is 12.8 Å². The summed E-state index contributed by atoms with van der Waals surface area (Å²) in [6, 6.07) is 4.16. The molecule has 2 N–H and O–H groups in total. The van der Waals surface area contributed by atoms with Crippen LogP contribution in [0.2, 0.25) is 0 Å². The van der Waals surface area contributed by atoms with Crippen molar-refractivity contribution in [3.63, 3.8) is 0 Å². The smallest absolute Gasteiger partial charge is 0.128 e. The number of aromatic nitrogens is 3. The van der Waals surface area contributed by atoms with Crippen molar-refractivity contribution in [2.75, 3.05) is 23.3 Å². The Kier molecular flexibility index (Phi) is 3.12. The highest BCUT2D eigenvalue weighted by molar-refractivity contribution is 5.49. The van der Waals surface area contributed by atoms with E-state index in [1.54, 1.807) is 6.33 Å². The van der Waals surface area contributed by atoms with Crippen LogP contribution in [0.1, 0.15) is 18.5 Å². The molecule has 0 amide bonds. The number of hydrogen-bond acceptors (Lipinski definition) is 4. The van der Waals surface area contributed by atoms with Crippen LogP contribution in [0.5, 0.6) is 0 Å². The van der Waals surface area contributed by atoms with Gasteiger partial charge in [0.15, 0.2) is 0 Å². The minimum absolute atomic E-state index is 0.741. The van der Waals surface area contributed by atoms with E-state index in [2.05, 4.69) is 37.3 Å². The molecule has 0 aromatic carbocycles. The Labute approximate surface area is 106 Å². The number of rotatable bonds is 4. The topological polar surface area (TPSA) is 56.8 Å². The van der Waals surface area contributed by atoms with Gasteiger partial charge in [0.2, 0.25) is 0 Å². The molecule has 2 aromatic heterocycles. The summed E-state index contributed by atoms with van der Waals surface area (Å²) in [5, 5.41) is 3.31. The summed E-state index contributed by atoms with van der Waals surface area (Å²) in [4.78, 5) is 13.9. The van der Waals surface area contributed by atoms with Gasteiger partial charge in [-0.1, -0.05) is 0 Å². The molecule has 1 aliphatic rings. The summed E-state index contributed by atoms with van der Waals surface area (Å²) < 4.78 is 0. The third-order valence-corrected chi connectivity index (χ3v) is 3.22. The van der Waals surface area contributed by atoms with Crippen molar-refractivity contribution in [1.29, 1.82) is 0 Å². The van der Waals surface area contributed by atoms with E-state index in [1.807, 2.05) is 12.4 Å². The van der Waals surface area contributed by atoms with Crippen LogP contribution in [0.15, 0.2) is 30.9 Å². The highest BCUT2D eigenvalue weighted by atomic mass is 15.2. The zero-order chi connectivity index (χ0) is 12.2. The molecule has 0 spiro atoms. The predicted octanol–water partition coefficient (Wildman–Crippen LogP) is 2.02. The number of imidazole rings is 1. The third-order valence-electron chi connectivity index (χ3n) is 3.22. The molecule has 0 radical (unpaired) electrons. The van der Waals surface area contributed by atoms with Crippen LogP contribution in [0.4, 0.5) is 11.5 Å². The first-order valence-electron chi connectivity index (χ1n) is 6.34. The minimum atomic E-state index is 0.741. The maximum absolute atomic E-state index is 4.50. The largest absolute Gasteiger partial charge is 0.378 e. The van der Waals surface area contributed by atoms with Crippen molar-refractivity contribution < 1.29 is 0 Å². The van der Waals surface area contributed by atoms with Crippen LogP contribution >= 0.6 is 0 Å². The Morgan fingerprint density at radius 2 is 2.11 bits per heavy atom. The Balaban J connectivity index is 1.60. The normalized spacial score (nSPS) is 15.0. The molecule has 0 aliphatic carbocycles. The van der Waals surface area contributed by atoms with Gasteiger partial charge in [0.25, 0.3) is 0 Å². The summed E-state index contributed by atoms with van der Waals surface area (Å²) in [6.45, 7) is 3.01. The van der Waals surface area contributed by atoms with Crippen LogP contribution < -0.4 is 10.2 Å². The monoisotopic (exact) mass is 243 g/mol. The van der Waals surface area contributed by atoms with Crippen LogP contribution in [0, 0.1) is 0 Å². The molecule has 3 heterocycles. The van der Waals surface area contributed by atoms with Crippen molar-refractivity contribution in [3.05, 3.63) is 36.5 Å². The van der Waals surface area contributed by atoms with Crippen molar-refractivity contribution in [2.45, 2.75) is 19.4 Å². The molecule has 1 fully saturated rings. The standard InChI is InChI=1S/C13H17N5/c1-2-6-18(5-1)13-4-3-11(8-16-13)15-9-12-7-14-10-17-12/h3-4,7-8,10,15H,1-2,5-6,9H2,(H,14,17). The lowest BCUT2D eigenvalue weighted by atomic mass is 10.3. The average molecular weight is 243 g/mol. The van der Waals surface area contributed by atoms with Gasteiger partial charge in [-0.15, -0.1) is 0 Å². The van der Waals surface area contributed by atoms with Crippen LogP contribution in [0.25, 0.3) is 0 Å². The SMILES string of the molecule is c1ncc(CNc2ccc(N3CCCC3)nc2)[nH]1. The fourth-order valence-corrected chi connectivity index (χ4v) is 2.20. The third kappa shape index (κ3) is 2.45.